The van der Waals surface area contributed by atoms with Gasteiger partial charge in [0, 0.05) is 60.0 Å². The molecule has 5 aromatic rings. The van der Waals surface area contributed by atoms with Crippen LogP contribution in [0.3, 0.4) is 0 Å². The lowest BCUT2D eigenvalue weighted by atomic mass is 9.95. The molecule has 0 atom stereocenters. The van der Waals surface area contributed by atoms with Crippen molar-refractivity contribution in [2.24, 2.45) is 5.73 Å². The van der Waals surface area contributed by atoms with Crippen LogP contribution in [0.4, 0.5) is 14.5 Å². The first-order chi connectivity index (χ1) is 18.9. The molecule has 2 aromatic heterocycles. The van der Waals surface area contributed by atoms with Gasteiger partial charge in [-0.25, -0.2) is 13.8 Å². The number of nitriles is 1. The van der Waals surface area contributed by atoms with Crippen LogP contribution in [0.5, 0.6) is 5.75 Å². The Kier molecular flexibility index (Phi) is 6.21. The van der Waals surface area contributed by atoms with Crippen molar-refractivity contribution in [2.45, 2.75) is 18.9 Å². The number of aromatic nitrogens is 2. The van der Waals surface area contributed by atoms with E-state index in [1.807, 2.05) is 47.2 Å². The Labute approximate surface area is 224 Å². The zero-order chi connectivity index (χ0) is 27.1. The molecule has 3 aromatic carbocycles. The summed E-state index contributed by atoms with van der Waals surface area (Å²) in [6.07, 6.45) is 5.04. The van der Waals surface area contributed by atoms with Gasteiger partial charge in [0.25, 0.3) is 0 Å². The number of anilines is 1. The Balaban J connectivity index is 1.73. The summed E-state index contributed by atoms with van der Waals surface area (Å²) in [6, 6.07) is 20.3. The maximum absolute atomic E-state index is 14.4. The minimum Gasteiger partial charge on any atom is -0.506 e. The maximum Gasteiger partial charge on any atom is 0.147 e. The van der Waals surface area contributed by atoms with E-state index in [1.54, 1.807) is 24.4 Å². The second kappa shape index (κ2) is 9.86. The van der Waals surface area contributed by atoms with Crippen LogP contribution in [0.1, 0.15) is 18.4 Å². The number of hydrogen-bond donors (Lipinski definition) is 2. The molecule has 39 heavy (non-hydrogen) atoms. The number of hydrogen-bond acceptors (Lipinski definition) is 5. The fourth-order valence-electron chi connectivity index (χ4n) is 5.39. The molecule has 194 valence electrons. The third-order valence-electron chi connectivity index (χ3n) is 7.30. The summed E-state index contributed by atoms with van der Waals surface area (Å²) in [5.74, 6) is -1.50. The number of nitrogens with zero attached hydrogens (tertiary/aromatic N) is 4. The highest BCUT2D eigenvalue weighted by molar-refractivity contribution is 6.09. The molecule has 0 bridgehead atoms. The average Bonchev–Trinajstić information content (AvgIpc) is 3.33. The van der Waals surface area contributed by atoms with Crippen molar-refractivity contribution in [3.05, 3.63) is 96.3 Å². The van der Waals surface area contributed by atoms with Crippen LogP contribution in [0, 0.1) is 23.0 Å². The fraction of sp³-hybridized carbons (Fsp3) is 0.161. The van der Waals surface area contributed by atoms with Crippen LogP contribution >= 0.6 is 0 Å². The number of halogens is 2. The maximum atomic E-state index is 14.4. The predicted molar refractivity (Wildman–Crippen MR) is 148 cm³/mol. The second-order valence-electron chi connectivity index (χ2n) is 9.76. The molecule has 1 saturated heterocycles. The molecule has 8 heteroatoms. The molecule has 0 amide bonds. The normalized spacial score (nSPS) is 14.1. The number of phenolic OH excluding ortho intramolecular Hbond substituents is 1. The number of benzene rings is 3. The lowest BCUT2D eigenvalue weighted by Gasteiger charge is -2.34. The average molecular weight is 522 g/mol. The number of phenols is 1. The van der Waals surface area contributed by atoms with Crippen molar-refractivity contribution in [2.75, 3.05) is 18.0 Å². The van der Waals surface area contributed by atoms with Crippen LogP contribution < -0.4 is 10.6 Å². The van der Waals surface area contributed by atoms with E-state index in [-0.39, 0.29) is 17.4 Å². The van der Waals surface area contributed by atoms with Gasteiger partial charge in [-0.3, -0.25) is 0 Å². The first-order valence-electron chi connectivity index (χ1n) is 12.7. The van der Waals surface area contributed by atoms with Crippen molar-refractivity contribution < 1.29 is 13.9 Å². The van der Waals surface area contributed by atoms with Crippen LogP contribution in [0.15, 0.2) is 79.1 Å². The van der Waals surface area contributed by atoms with Crippen molar-refractivity contribution in [3.8, 4) is 39.8 Å². The number of fused-ring (bicyclic) bond motifs is 1. The van der Waals surface area contributed by atoms with E-state index in [1.165, 1.54) is 12.1 Å². The molecule has 1 aliphatic rings. The van der Waals surface area contributed by atoms with Gasteiger partial charge in [-0.1, -0.05) is 30.3 Å². The lowest BCUT2D eigenvalue weighted by molar-refractivity contribution is 0.475. The zero-order valence-corrected chi connectivity index (χ0v) is 21.0. The molecule has 0 unspecified atom stereocenters. The molecule has 1 fully saturated rings. The summed E-state index contributed by atoms with van der Waals surface area (Å²) in [7, 11) is 0. The van der Waals surface area contributed by atoms with Gasteiger partial charge in [0.15, 0.2) is 0 Å². The minimum atomic E-state index is -0.682. The van der Waals surface area contributed by atoms with E-state index in [2.05, 4.69) is 4.90 Å². The quantitative estimate of drug-likeness (QED) is 0.296. The van der Waals surface area contributed by atoms with E-state index in [4.69, 9.17) is 10.7 Å². The lowest BCUT2D eigenvalue weighted by Crippen LogP contribution is -2.40. The number of para-hydroxylation sites is 2. The van der Waals surface area contributed by atoms with Crippen molar-refractivity contribution in [1.29, 1.82) is 5.26 Å². The third kappa shape index (κ3) is 4.37. The Morgan fingerprint density at radius 1 is 0.923 bits per heavy atom. The third-order valence-corrected chi connectivity index (χ3v) is 7.30. The number of piperidine rings is 1. The monoisotopic (exact) mass is 521 g/mol. The van der Waals surface area contributed by atoms with Crippen molar-refractivity contribution >= 4 is 16.7 Å². The first kappa shape index (κ1) is 24.6. The number of nitrogens with two attached hydrogens (primary N) is 1. The number of aromatic hydroxyl groups is 1. The summed E-state index contributed by atoms with van der Waals surface area (Å²) in [5, 5.41) is 21.4. The first-order valence-corrected chi connectivity index (χ1v) is 12.7. The summed E-state index contributed by atoms with van der Waals surface area (Å²) in [6.45, 7) is 1.29. The molecule has 3 N–H and O–H groups in total. The van der Waals surface area contributed by atoms with Gasteiger partial charge < -0.3 is 20.3 Å². The van der Waals surface area contributed by atoms with E-state index in [0.717, 1.165) is 30.3 Å². The Morgan fingerprint density at radius 2 is 1.64 bits per heavy atom. The van der Waals surface area contributed by atoms with E-state index < -0.39 is 11.6 Å². The molecule has 0 radical (unpaired) electrons. The molecular weight excluding hydrogens is 496 g/mol. The largest absolute Gasteiger partial charge is 0.506 e. The van der Waals surface area contributed by atoms with E-state index in [9.17, 15) is 19.1 Å². The Hall–Kier alpha value is -4.74. The van der Waals surface area contributed by atoms with Crippen molar-refractivity contribution in [1.82, 2.24) is 9.55 Å². The molecule has 1 aliphatic heterocycles. The highest BCUT2D eigenvalue weighted by Crippen LogP contribution is 2.46. The molecule has 6 nitrogen and oxygen atoms in total. The summed E-state index contributed by atoms with van der Waals surface area (Å²) >= 11 is 0. The van der Waals surface area contributed by atoms with Gasteiger partial charge in [-0.05, 0) is 48.7 Å². The molecule has 0 saturated carbocycles. The fourth-order valence-corrected chi connectivity index (χ4v) is 5.39. The Morgan fingerprint density at radius 3 is 2.33 bits per heavy atom. The van der Waals surface area contributed by atoms with E-state index >= 15 is 0 Å². The molecule has 0 aliphatic carbocycles. The zero-order valence-electron chi connectivity index (χ0n) is 21.0. The topological polar surface area (TPSA) is 91.1 Å². The van der Waals surface area contributed by atoms with Gasteiger partial charge in [-0.15, -0.1) is 0 Å². The van der Waals surface area contributed by atoms with Gasteiger partial charge in [0.1, 0.15) is 29.1 Å². The Bertz CT molecular complexity index is 1710. The molecule has 0 spiro atoms. The number of rotatable bonds is 4. The van der Waals surface area contributed by atoms with Crippen LogP contribution in [0.25, 0.3) is 39.0 Å². The second-order valence-corrected chi connectivity index (χ2v) is 9.76. The van der Waals surface area contributed by atoms with Gasteiger partial charge in [0.2, 0.25) is 0 Å². The van der Waals surface area contributed by atoms with E-state index in [0.29, 0.717) is 46.4 Å². The highest BCUT2D eigenvalue weighted by Gasteiger charge is 2.27. The molecule has 6 rings (SSSR count). The smallest absolute Gasteiger partial charge is 0.147 e. The van der Waals surface area contributed by atoms with Gasteiger partial charge >= 0.3 is 0 Å². The highest BCUT2D eigenvalue weighted by atomic mass is 19.1. The van der Waals surface area contributed by atoms with Crippen LogP contribution in [0.2, 0.25) is 0 Å². The van der Waals surface area contributed by atoms with Crippen molar-refractivity contribution in [3.63, 3.8) is 0 Å². The minimum absolute atomic E-state index is 0.0679. The number of pyridine rings is 1. The predicted octanol–water partition coefficient (Wildman–Crippen LogP) is 6.14. The van der Waals surface area contributed by atoms with Crippen LogP contribution in [-0.4, -0.2) is 33.8 Å². The summed E-state index contributed by atoms with van der Waals surface area (Å²) in [5.41, 5.74) is 10.6. The van der Waals surface area contributed by atoms with Gasteiger partial charge in [-0.2, -0.15) is 5.26 Å². The summed E-state index contributed by atoms with van der Waals surface area (Å²) in [4.78, 5) is 6.98. The summed E-state index contributed by atoms with van der Waals surface area (Å²) < 4.78 is 30.7. The molecule has 3 heterocycles. The standard InChI is InChI=1S/C31H25F2N5O/c32-21-13-20(14-22(33)15-21)26-17-36-31-28(29(26)37-11-9-23(35)10-12-37)27(18-38(31)24-6-2-1-3-7-24)25-8-4-5-19(16-34)30(25)39/h1-8,13-15,17-18,23,39H,9-12,35H2. The van der Waals surface area contributed by atoms with Crippen LogP contribution in [-0.2, 0) is 0 Å². The molecular formula is C31H25F2N5O. The van der Waals surface area contributed by atoms with Gasteiger partial charge in [0.05, 0.1) is 16.6 Å². The SMILES string of the molecule is N#Cc1cccc(-c2cn(-c3ccccc3)c3ncc(-c4cc(F)cc(F)c4)c(N4CCC(N)CC4)c23)c1O.